The Hall–Kier alpha value is -0.450. The number of aromatic nitrogens is 1. The summed E-state index contributed by atoms with van der Waals surface area (Å²) in [5, 5.41) is 2.84. The highest BCUT2D eigenvalue weighted by Crippen LogP contribution is 2.43. The molecule has 0 amide bonds. The van der Waals surface area contributed by atoms with Gasteiger partial charge in [0.15, 0.2) is 0 Å². The van der Waals surface area contributed by atoms with E-state index in [4.69, 9.17) is 10.5 Å². The van der Waals surface area contributed by atoms with E-state index in [2.05, 4.69) is 37.4 Å². The number of fused-ring (bicyclic) bond motifs is 1. The highest BCUT2D eigenvalue weighted by Gasteiger charge is 2.41. The van der Waals surface area contributed by atoms with Gasteiger partial charge in [0.25, 0.3) is 0 Å². The van der Waals surface area contributed by atoms with Crippen LogP contribution < -0.4 is 5.73 Å². The van der Waals surface area contributed by atoms with Crippen molar-refractivity contribution >= 4 is 36.0 Å². The fraction of sp³-hybridized carbons (Fsp3) is 0.417. The number of hydrogen-bond acceptors (Lipinski definition) is 4. The molecule has 5 heteroatoms. The molecule has 2 aliphatic rings. The van der Waals surface area contributed by atoms with Crippen molar-refractivity contribution in [2.45, 2.75) is 6.42 Å². The lowest BCUT2D eigenvalue weighted by Crippen LogP contribution is -1.92. The lowest BCUT2D eigenvalue weighted by atomic mass is 10.3. The number of ether oxygens (including phenoxy) is 1. The molecule has 2 N–H and O–H groups in total. The first-order chi connectivity index (χ1) is 8.31. The molecule has 1 saturated carbocycles. The number of nitrogens with zero attached hydrogens (tertiary/aromatic N) is 1. The maximum Gasteiger partial charge on any atom is 0.139 e. The third kappa shape index (κ3) is 4.05. The number of rotatable bonds is 0. The quantitative estimate of drug-likeness (QED) is 0.571. The van der Waals surface area contributed by atoms with Crippen LogP contribution >= 0.6 is 30.1 Å². The van der Waals surface area contributed by atoms with Crippen LogP contribution in [0, 0.1) is 23.0 Å². The van der Waals surface area contributed by atoms with E-state index in [0.717, 1.165) is 30.6 Å². The van der Waals surface area contributed by atoms with Gasteiger partial charge in [-0.15, -0.1) is 0 Å². The molecule has 1 aliphatic heterocycles. The van der Waals surface area contributed by atoms with Gasteiger partial charge < -0.3 is 10.5 Å². The molecule has 90 valence electrons. The Labute approximate surface area is 117 Å². The monoisotopic (exact) mass is 360 g/mol. The Kier molecular flexibility index (Phi) is 4.95. The van der Waals surface area contributed by atoms with Crippen LogP contribution in [-0.4, -0.2) is 18.2 Å². The van der Waals surface area contributed by atoms with E-state index in [9.17, 15) is 0 Å². The first-order valence-electron chi connectivity index (χ1n) is 5.38. The van der Waals surface area contributed by atoms with E-state index in [1.54, 1.807) is 6.20 Å². The molecule has 17 heavy (non-hydrogen) atoms. The topological polar surface area (TPSA) is 48.1 Å². The molecular formula is C12H13IN2OS. The summed E-state index contributed by atoms with van der Waals surface area (Å²) in [6.07, 6.45) is 3.11. The minimum atomic E-state index is 0.491. The van der Waals surface area contributed by atoms with Crippen LogP contribution in [0.2, 0.25) is 0 Å². The van der Waals surface area contributed by atoms with Crippen molar-refractivity contribution in [1.29, 1.82) is 0 Å². The molecule has 0 aromatic carbocycles. The van der Waals surface area contributed by atoms with Crippen molar-refractivity contribution in [2.75, 3.05) is 18.9 Å². The lowest BCUT2D eigenvalue weighted by molar-refractivity contribution is 0.165. The molecule has 2 heterocycles. The second kappa shape index (κ2) is 6.47. The summed E-state index contributed by atoms with van der Waals surface area (Å²) in [5.41, 5.74) is 6.32. The maximum absolute atomic E-state index is 5.54. The summed E-state index contributed by atoms with van der Waals surface area (Å²) in [7, 11) is 1.43. The van der Waals surface area contributed by atoms with Gasteiger partial charge in [-0.25, -0.2) is 4.98 Å². The Morgan fingerprint density at radius 1 is 1.47 bits per heavy atom. The van der Waals surface area contributed by atoms with Crippen LogP contribution in [0.15, 0.2) is 18.3 Å². The van der Waals surface area contributed by atoms with E-state index in [1.807, 2.05) is 12.1 Å². The summed E-state index contributed by atoms with van der Waals surface area (Å²) in [6.45, 7) is 2.12. The molecule has 2 atom stereocenters. The third-order valence-corrected chi connectivity index (χ3v) is 3.64. The van der Waals surface area contributed by atoms with Crippen molar-refractivity contribution < 1.29 is 4.74 Å². The molecule has 1 aromatic heterocycles. The number of nitrogens with two attached hydrogens (primary N) is 1. The minimum Gasteiger partial charge on any atom is -0.383 e. The van der Waals surface area contributed by atoms with E-state index in [0.29, 0.717) is 5.82 Å². The zero-order valence-electron chi connectivity index (χ0n) is 9.23. The minimum absolute atomic E-state index is 0.491. The van der Waals surface area contributed by atoms with Gasteiger partial charge in [-0.3, -0.25) is 0 Å². The van der Waals surface area contributed by atoms with E-state index in [1.165, 1.54) is 15.4 Å². The van der Waals surface area contributed by atoms with Crippen LogP contribution in [0.5, 0.6) is 0 Å². The highest BCUT2D eigenvalue weighted by atomic mass is 127. The van der Waals surface area contributed by atoms with Gasteiger partial charge in [-0.1, -0.05) is 5.92 Å². The first kappa shape index (κ1) is 13.0. The van der Waals surface area contributed by atoms with Crippen LogP contribution in [-0.2, 0) is 4.74 Å². The number of anilines is 1. The molecule has 0 spiro atoms. The molecule has 1 saturated heterocycles. The highest BCUT2D eigenvalue weighted by molar-refractivity contribution is 14.2. The third-order valence-electron chi connectivity index (χ3n) is 2.80. The molecule has 0 bridgehead atoms. The van der Waals surface area contributed by atoms with Crippen LogP contribution in [0.1, 0.15) is 12.0 Å². The average Bonchev–Trinajstić information content (AvgIpc) is 2.96. The molecular weight excluding hydrogens is 347 g/mol. The summed E-state index contributed by atoms with van der Waals surface area (Å²) in [4.78, 5) is 3.90. The normalized spacial score (nSPS) is 23.8. The average molecular weight is 360 g/mol. The van der Waals surface area contributed by atoms with Gasteiger partial charge in [-0.05, 0) is 44.6 Å². The molecule has 2 unspecified atom stereocenters. The molecule has 0 radical (unpaired) electrons. The van der Waals surface area contributed by atoms with Gasteiger partial charge in [0, 0.05) is 40.6 Å². The van der Waals surface area contributed by atoms with Gasteiger partial charge >= 0.3 is 0 Å². The van der Waals surface area contributed by atoms with Crippen LogP contribution in [0.3, 0.4) is 0 Å². The number of pyridine rings is 1. The Morgan fingerprint density at radius 3 is 2.71 bits per heavy atom. The van der Waals surface area contributed by atoms with Gasteiger partial charge in [0.05, 0.1) is 5.56 Å². The second-order valence-corrected chi connectivity index (χ2v) is 5.71. The summed E-state index contributed by atoms with van der Waals surface area (Å²) < 4.78 is 5.11. The second-order valence-electron chi connectivity index (χ2n) is 4.03. The van der Waals surface area contributed by atoms with Crippen molar-refractivity contribution in [2.24, 2.45) is 11.8 Å². The van der Waals surface area contributed by atoms with Crippen molar-refractivity contribution in [3.8, 4) is 11.2 Å². The smallest absolute Gasteiger partial charge is 0.139 e. The zero-order chi connectivity index (χ0) is 12.1. The van der Waals surface area contributed by atoms with E-state index in [-0.39, 0.29) is 0 Å². The fourth-order valence-corrected chi connectivity index (χ4v) is 2.17. The maximum atomic E-state index is 5.54. The van der Waals surface area contributed by atoms with Crippen LogP contribution in [0.25, 0.3) is 0 Å². The Balaban J connectivity index is 0.000000148. The van der Waals surface area contributed by atoms with Crippen molar-refractivity contribution in [3.63, 3.8) is 0 Å². The van der Waals surface area contributed by atoms with Crippen molar-refractivity contribution in [1.82, 2.24) is 4.98 Å². The van der Waals surface area contributed by atoms with Gasteiger partial charge in [0.2, 0.25) is 0 Å². The fourth-order valence-electron chi connectivity index (χ4n) is 1.69. The number of hydrogen-bond donors (Lipinski definition) is 1. The largest absolute Gasteiger partial charge is 0.383 e. The van der Waals surface area contributed by atoms with E-state index < -0.39 is 0 Å². The summed E-state index contributed by atoms with van der Waals surface area (Å²) in [5.74, 6) is 5.35. The van der Waals surface area contributed by atoms with Crippen molar-refractivity contribution in [3.05, 3.63) is 23.9 Å². The number of nitrogen functional groups attached to an aromatic ring is 1. The Bertz CT molecular complexity index is 436. The zero-order valence-corrected chi connectivity index (χ0v) is 12.2. The van der Waals surface area contributed by atoms with E-state index >= 15 is 0 Å². The predicted octanol–water partition coefficient (Wildman–Crippen LogP) is 2.71. The SMILES string of the molecule is C1OCC2CC12.Nc1ncccc1C#CSI. The predicted molar refractivity (Wildman–Crippen MR) is 79.6 cm³/mol. The van der Waals surface area contributed by atoms with Crippen LogP contribution in [0.4, 0.5) is 5.82 Å². The Morgan fingerprint density at radius 2 is 2.24 bits per heavy atom. The molecule has 1 aliphatic carbocycles. The molecule has 2 fully saturated rings. The first-order valence-corrected chi connectivity index (χ1v) is 8.74. The van der Waals surface area contributed by atoms with Gasteiger partial charge in [0.1, 0.15) is 5.82 Å². The molecule has 1 aromatic rings. The molecule has 3 rings (SSSR count). The summed E-state index contributed by atoms with van der Waals surface area (Å²) >= 11 is 2.11. The van der Waals surface area contributed by atoms with Gasteiger partial charge in [-0.2, -0.15) is 0 Å². The lowest BCUT2D eigenvalue weighted by Gasteiger charge is -1.92. The molecule has 3 nitrogen and oxygen atoms in total. The number of halogens is 1. The summed E-state index contributed by atoms with van der Waals surface area (Å²) in [6, 6.07) is 3.67. The standard InChI is InChI=1S/C7H5IN2S.C5H8O/c8-11-5-3-6-2-1-4-10-7(6)9;1-4-2-6-3-5(1)4/h1-2,4H,(H2,9,10);4-5H,1-3H2.